The van der Waals surface area contributed by atoms with Gasteiger partial charge in [-0.2, -0.15) is 0 Å². The summed E-state index contributed by atoms with van der Waals surface area (Å²) in [5.74, 6) is 0.611. The molecule has 0 atom stereocenters. The first kappa shape index (κ1) is 11.4. The average molecular weight is 284 g/mol. The first-order chi connectivity index (χ1) is 7.65. The van der Waals surface area contributed by atoms with E-state index in [1.165, 1.54) is 6.42 Å². The number of hydrogen-bond donors (Lipinski definition) is 2. The van der Waals surface area contributed by atoms with Crippen molar-refractivity contribution in [1.82, 2.24) is 10.3 Å². The fraction of sp³-hybridized carbons (Fsp3) is 0.455. The molecule has 0 radical (unpaired) electrons. The number of rotatable bonds is 2. The van der Waals surface area contributed by atoms with E-state index in [1.54, 1.807) is 6.20 Å². The van der Waals surface area contributed by atoms with Crippen LogP contribution in [0.15, 0.2) is 16.7 Å². The number of hydrogen-bond acceptors (Lipinski definition) is 2. The van der Waals surface area contributed by atoms with Crippen LogP contribution in [0.1, 0.15) is 24.8 Å². The lowest BCUT2D eigenvalue weighted by Crippen LogP contribution is -2.42. The van der Waals surface area contributed by atoms with Crippen LogP contribution >= 0.6 is 15.9 Å². The number of aryl methyl sites for hydroxylation is 1. The van der Waals surface area contributed by atoms with Gasteiger partial charge in [0.25, 0.3) is 0 Å². The Bertz CT molecular complexity index is 404. The zero-order chi connectivity index (χ0) is 11.5. The third kappa shape index (κ3) is 2.72. The van der Waals surface area contributed by atoms with E-state index in [0.717, 1.165) is 22.9 Å². The van der Waals surface area contributed by atoms with Gasteiger partial charge < -0.3 is 5.32 Å². The number of nitrogens with one attached hydrogen (secondary N) is 2. The van der Waals surface area contributed by atoms with Crippen molar-refractivity contribution in [3.63, 3.8) is 0 Å². The summed E-state index contributed by atoms with van der Waals surface area (Å²) in [4.78, 5) is 15.7. The van der Waals surface area contributed by atoms with Crippen molar-refractivity contribution in [2.75, 3.05) is 5.32 Å². The van der Waals surface area contributed by atoms with Crippen LogP contribution in [0.3, 0.4) is 0 Å². The normalized spacial score (nSPS) is 15.4. The number of pyridine rings is 1. The molecule has 0 unspecified atom stereocenters. The quantitative estimate of drug-likeness (QED) is 0.877. The molecule has 1 fully saturated rings. The van der Waals surface area contributed by atoms with Crippen LogP contribution in [-0.2, 0) is 0 Å². The molecular formula is C11H14BrN3O. The third-order valence-corrected chi connectivity index (χ3v) is 3.15. The lowest BCUT2D eigenvalue weighted by atomic mass is 9.93. The fourth-order valence-corrected chi connectivity index (χ4v) is 2.00. The molecule has 1 saturated carbocycles. The lowest BCUT2D eigenvalue weighted by molar-refractivity contribution is 0.240. The van der Waals surface area contributed by atoms with Crippen LogP contribution in [0.4, 0.5) is 10.6 Å². The maximum absolute atomic E-state index is 11.6. The Labute approximate surface area is 103 Å². The van der Waals surface area contributed by atoms with Gasteiger partial charge in [0.05, 0.1) is 0 Å². The van der Waals surface area contributed by atoms with E-state index < -0.39 is 0 Å². The van der Waals surface area contributed by atoms with Crippen molar-refractivity contribution in [3.8, 4) is 0 Å². The molecule has 5 heteroatoms. The number of carbonyl (C=O) groups excluding carboxylic acids is 1. The highest BCUT2D eigenvalue weighted by Gasteiger charge is 2.19. The SMILES string of the molecule is Cc1cc(Br)cnc1NC(=O)NC1CCC1. The number of carbonyl (C=O) groups is 1. The predicted octanol–water partition coefficient (Wildman–Crippen LogP) is 2.83. The summed E-state index contributed by atoms with van der Waals surface area (Å²) in [6.45, 7) is 1.91. The van der Waals surface area contributed by atoms with Crippen LogP contribution < -0.4 is 10.6 Å². The Morgan fingerprint density at radius 3 is 2.88 bits per heavy atom. The van der Waals surface area contributed by atoms with Gasteiger partial charge in [0.15, 0.2) is 0 Å². The van der Waals surface area contributed by atoms with Crippen molar-refractivity contribution in [3.05, 3.63) is 22.3 Å². The minimum absolute atomic E-state index is 0.164. The minimum Gasteiger partial charge on any atom is -0.335 e. The van der Waals surface area contributed by atoms with Gasteiger partial charge in [-0.25, -0.2) is 9.78 Å². The second kappa shape index (κ2) is 4.82. The van der Waals surface area contributed by atoms with Crippen molar-refractivity contribution >= 4 is 27.8 Å². The van der Waals surface area contributed by atoms with Gasteiger partial charge in [0.2, 0.25) is 0 Å². The highest BCUT2D eigenvalue weighted by Crippen LogP contribution is 2.19. The van der Waals surface area contributed by atoms with Crippen LogP contribution in [0.25, 0.3) is 0 Å². The molecule has 0 saturated heterocycles. The van der Waals surface area contributed by atoms with Gasteiger partial charge in [0.1, 0.15) is 5.82 Å². The summed E-state index contributed by atoms with van der Waals surface area (Å²) in [7, 11) is 0. The summed E-state index contributed by atoms with van der Waals surface area (Å²) in [5.41, 5.74) is 0.943. The second-order valence-electron chi connectivity index (χ2n) is 4.05. The van der Waals surface area contributed by atoms with Gasteiger partial charge in [-0.15, -0.1) is 0 Å². The molecule has 1 aliphatic rings. The van der Waals surface area contributed by atoms with Crippen molar-refractivity contribution < 1.29 is 4.79 Å². The van der Waals surface area contributed by atoms with Crippen molar-refractivity contribution in [2.45, 2.75) is 32.2 Å². The molecule has 0 bridgehead atoms. The van der Waals surface area contributed by atoms with E-state index >= 15 is 0 Å². The van der Waals surface area contributed by atoms with Gasteiger partial charge in [-0.1, -0.05) is 0 Å². The van der Waals surface area contributed by atoms with Crippen LogP contribution in [0, 0.1) is 6.92 Å². The number of aromatic nitrogens is 1. The number of amides is 2. The Morgan fingerprint density at radius 2 is 2.31 bits per heavy atom. The topological polar surface area (TPSA) is 54.0 Å². The van der Waals surface area contributed by atoms with Crippen molar-refractivity contribution in [2.24, 2.45) is 0 Å². The molecule has 1 heterocycles. The molecule has 4 nitrogen and oxygen atoms in total. The Morgan fingerprint density at radius 1 is 1.56 bits per heavy atom. The molecule has 2 amide bonds. The molecule has 1 aromatic heterocycles. The Hall–Kier alpha value is -1.10. The fourth-order valence-electron chi connectivity index (χ4n) is 1.55. The van der Waals surface area contributed by atoms with E-state index in [0.29, 0.717) is 11.9 Å². The van der Waals surface area contributed by atoms with Gasteiger partial charge >= 0.3 is 6.03 Å². The Balaban J connectivity index is 1.94. The van der Waals surface area contributed by atoms with Crippen LogP contribution in [0.5, 0.6) is 0 Å². The van der Waals surface area contributed by atoms with Crippen LogP contribution in [0.2, 0.25) is 0 Å². The van der Waals surface area contributed by atoms with Crippen LogP contribution in [-0.4, -0.2) is 17.1 Å². The smallest absolute Gasteiger partial charge is 0.320 e. The number of halogens is 1. The molecule has 16 heavy (non-hydrogen) atoms. The van der Waals surface area contributed by atoms with Crippen molar-refractivity contribution in [1.29, 1.82) is 0 Å². The maximum atomic E-state index is 11.6. The molecule has 0 aromatic carbocycles. The van der Waals surface area contributed by atoms with Gasteiger partial charge in [-0.05, 0) is 53.7 Å². The van der Waals surface area contributed by atoms with E-state index in [2.05, 4.69) is 31.5 Å². The Kier molecular flexibility index (Phi) is 3.43. The third-order valence-electron chi connectivity index (χ3n) is 2.72. The zero-order valence-corrected chi connectivity index (χ0v) is 10.7. The van der Waals surface area contributed by atoms with E-state index in [4.69, 9.17) is 0 Å². The molecule has 2 rings (SSSR count). The molecular weight excluding hydrogens is 270 g/mol. The molecule has 0 aliphatic heterocycles. The standard InChI is InChI=1S/C11H14BrN3O/c1-7-5-8(12)6-13-10(7)15-11(16)14-9-3-2-4-9/h5-6,9H,2-4H2,1H3,(H2,13,14,15,16). The minimum atomic E-state index is -0.164. The van der Waals surface area contributed by atoms with E-state index in [1.807, 2.05) is 13.0 Å². The predicted molar refractivity (Wildman–Crippen MR) is 66.5 cm³/mol. The highest BCUT2D eigenvalue weighted by atomic mass is 79.9. The summed E-state index contributed by atoms with van der Waals surface area (Å²) in [5, 5.41) is 5.66. The zero-order valence-electron chi connectivity index (χ0n) is 9.09. The molecule has 1 aromatic rings. The summed E-state index contributed by atoms with van der Waals surface area (Å²) in [6.07, 6.45) is 5.05. The number of anilines is 1. The summed E-state index contributed by atoms with van der Waals surface area (Å²) >= 11 is 3.33. The molecule has 86 valence electrons. The monoisotopic (exact) mass is 283 g/mol. The highest BCUT2D eigenvalue weighted by molar-refractivity contribution is 9.10. The van der Waals surface area contributed by atoms with Gasteiger partial charge in [0, 0.05) is 16.7 Å². The molecule has 1 aliphatic carbocycles. The van der Waals surface area contributed by atoms with Gasteiger partial charge in [-0.3, -0.25) is 5.32 Å². The lowest BCUT2D eigenvalue weighted by Gasteiger charge is -2.26. The van der Waals surface area contributed by atoms with E-state index in [-0.39, 0.29) is 6.03 Å². The maximum Gasteiger partial charge on any atom is 0.320 e. The van der Waals surface area contributed by atoms with E-state index in [9.17, 15) is 4.79 Å². The number of nitrogens with zero attached hydrogens (tertiary/aromatic N) is 1. The second-order valence-corrected chi connectivity index (χ2v) is 4.96. The largest absolute Gasteiger partial charge is 0.335 e. The average Bonchev–Trinajstić information content (AvgIpc) is 2.16. The molecule has 2 N–H and O–H groups in total. The number of urea groups is 1. The first-order valence-corrected chi connectivity index (χ1v) is 6.14. The summed E-state index contributed by atoms with van der Waals surface area (Å²) in [6, 6.07) is 2.10. The first-order valence-electron chi connectivity index (χ1n) is 5.35. The summed E-state index contributed by atoms with van der Waals surface area (Å²) < 4.78 is 0.912. The molecule has 0 spiro atoms.